The minimum atomic E-state index is -0.0403. The van der Waals surface area contributed by atoms with Gasteiger partial charge in [-0.05, 0) is 22.0 Å². The van der Waals surface area contributed by atoms with Crippen molar-refractivity contribution in [3.05, 3.63) is 20.8 Å². The molecule has 6 heteroatoms. The van der Waals surface area contributed by atoms with Crippen molar-refractivity contribution >= 4 is 44.8 Å². The molecule has 1 unspecified atom stereocenters. The maximum absolute atomic E-state index is 12.1. The van der Waals surface area contributed by atoms with Crippen LogP contribution in [0, 0.1) is 0 Å². The van der Waals surface area contributed by atoms with Crippen molar-refractivity contribution in [2.75, 3.05) is 25.6 Å². The molecule has 88 valence electrons. The molecule has 3 nitrogen and oxygen atoms in total. The molecule has 0 radical (unpaired) electrons. The number of carbonyl (C=O) groups excluding carboxylic acids is 1. The van der Waals surface area contributed by atoms with E-state index in [1.54, 1.807) is 4.90 Å². The summed E-state index contributed by atoms with van der Waals surface area (Å²) in [5.74, 6) is 0.484. The van der Waals surface area contributed by atoms with Crippen molar-refractivity contribution in [3.63, 3.8) is 0 Å². The van der Waals surface area contributed by atoms with Crippen LogP contribution < -0.4 is 0 Å². The molecule has 1 aromatic rings. The van der Waals surface area contributed by atoms with E-state index in [0.717, 1.165) is 9.35 Å². The molecule has 1 aliphatic heterocycles. The summed E-state index contributed by atoms with van der Waals surface area (Å²) in [5, 5.41) is 1.86. The van der Waals surface area contributed by atoms with E-state index in [2.05, 4.69) is 15.9 Å². The van der Waals surface area contributed by atoms with Crippen LogP contribution in [-0.2, 0) is 4.74 Å². The van der Waals surface area contributed by atoms with Gasteiger partial charge in [0, 0.05) is 18.5 Å². The first kappa shape index (κ1) is 12.4. The van der Waals surface area contributed by atoms with Gasteiger partial charge in [0.15, 0.2) is 0 Å². The summed E-state index contributed by atoms with van der Waals surface area (Å²) in [6, 6.07) is 1.85. The number of hydrogen-bond acceptors (Lipinski definition) is 3. The van der Waals surface area contributed by atoms with Crippen LogP contribution in [0.5, 0.6) is 0 Å². The van der Waals surface area contributed by atoms with E-state index in [0.29, 0.717) is 25.6 Å². The van der Waals surface area contributed by atoms with Crippen molar-refractivity contribution in [3.8, 4) is 0 Å². The Morgan fingerprint density at radius 2 is 2.56 bits per heavy atom. The number of thiophene rings is 1. The van der Waals surface area contributed by atoms with Crippen LogP contribution in [0.4, 0.5) is 0 Å². The average Bonchev–Trinajstić information content (AvgIpc) is 2.75. The molecule has 0 saturated carbocycles. The van der Waals surface area contributed by atoms with Gasteiger partial charge in [0.25, 0.3) is 5.91 Å². The molecule has 1 amide bonds. The largest absolute Gasteiger partial charge is 0.373 e. The first-order valence-corrected chi connectivity index (χ1v) is 7.12. The second kappa shape index (κ2) is 5.49. The molecule has 1 fully saturated rings. The standard InChI is InChI=1S/C10H11BrClNO2S/c11-9-3-7(6-16-9)10(14)13-1-2-15-8(4-12)5-13/h3,6,8H,1-2,4-5H2. The van der Waals surface area contributed by atoms with Gasteiger partial charge in [0.1, 0.15) is 0 Å². The molecule has 1 aromatic heterocycles. The number of hydrogen-bond donors (Lipinski definition) is 0. The Hall–Kier alpha value is -0.100. The lowest BCUT2D eigenvalue weighted by molar-refractivity contribution is -0.0107. The van der Waals surface area contributed by atoms with Crippen LogP contribution in [0.1, 0.15) is 10.4 Å². The number of amides is 1. The van der Waals surface area contributed by atoms with Crippen molar-refractivity contribution in [2.45, 2.75) is 6.10 Å². The highest BCUT2D eigenvalue weighted by atomic mass is 79.9. The van der Waals surface area contributed by atoms with Crippen LogP contribution in [-0.4, -0.2) is 42.5 Å². The number of alkyl halides is 1. The number of rotatable bonds is 2. The highest BCUT2D eigenvalue weighted by Crippen LogP contribution is 2.22. The molecule has 1 aliphatic rings. The Kier molecular flexibility index (Phi) is 4.24. The Bertz CT molecular complexity index is 385. The summed E-state index contributed by atoms with van der Waals surface area (Å²) < 4.78 is 6.39. The molecule has 0 aliphatic carbocycles. The number of carbonyl (C=O) groups is 1. The van der Waals surface area contributed by atoms with Gasteiger partial charge in [-0.25, -0.2) is 0 Å². The summed E-state index contributed by atoms with van der Waals surface area (Å²) in [6.45, 7) is 1.78. The summed E-state index contributed by atoms with van der Waals surface area (Å²) in [6.07, 6.45) is -0.0403. The topological polar surface area (TPSA) is 29.5 Å². The predicted molar refractivity (Wildman–Crippen MR) is 68.4 cm³/mol. The zero-order valence-corrected chi connectivity index (χ0v) is 11.6. The van der Waals surface area contributed by atoms with Gasteiger partial charge in [-0.3, -0.25) is 4.79 Å². The lowest BCUT2D eigenvalue weighted by atomic mass is 10.2. The predicted octanol–water partition coefficient (Wildman–Crippen LogP) is 2.59. The number of nitrogens with zero attached hydrogens (tertiary/aromatic N) is 1. The second-order valence-corrected chi connectivity index (χ2v) is 6.14. The van der Waals surface area contributed by atoms with E-state index in [1.807, 2.05) is 11.4 Å². The van der Waals surface area contributed by atoms with Gasteiger partial charge in [-0.2, -0.15) is 0 Å². The second-order valence-electron chi connectivity index (χ2n) is 3.54. The van der Waals surface area contributed by atoms with Crippen LogP contribution >= 0.6 is 38.9 Å². The van der Waals surface area contributed by atoms with Crippen molar-refractivity contribution in [1.82, 2.24) is 4.90 Å². The summed E-state index contributed by atoms with van der Waals surface area (Å²) >= 11 is 10.6. The summed E-state index contributed by atoms with van der Waals surface area (Å²) in [7, 11) is 0. The molecule has 2 rings (SSSR count). The first-order chi connectivity index (χ1) is 7.70. The fourth-order valence-corrected chi connectivity index (χ4v) is 2.92. The van der Waals surface area contributed by atoms with E-state index < -0.39 is 0 Å². The van der Waals surface area contributed by atoms with E-state index >= 15 is 0 Å². The average molecular weight is 325 g/mol. The van der Waals surface area contributed by atoms with Crippen LogP contribution in [0.2, 0.25) is 0 Å². The zero-order chi connectivity index (χ0) is 11.5. The Labute approximate surface area is 111 Å². The smallest absolute Gasteiger partial charge is 0.254 e. The van der Waals surface area contributed by atoms with E-state index in [9.17, 15) is 4.79 Å². The Morgan fingerprint density at radius 1 is 1.75 bits per heavy atom. The number of halogens is 2. The van der Waals surface area contributed by atoms with Gasteiger partial charge in [0.05, 0.1) is 27.9 Å². The van der Waals surface area contributed by atoms with Crippen LogP contribution in [0.15, 0.2) is 15.2 Å². The third-order valence-electron chi connectivity index (χ3n) is 2.41. The first-order valence-electron chi connectivity index (χ1n) is 4.91. The molecule has 1 saturated heterocycles. The maximum atomic E-state index is 12.1. The van der Waals surface area contributed by atoms with Crippen LogP contribution in [0.25, 0.3) is 0 Å². The molecule has 0 bridgehead atoms. The normalized spacial score (nSPS) is 21.1. The molecule has 1 atom stereocenters. The summed E-state index contributed by atoms with van der Waals surface area (Å²) in [5.41, 5.74) is 0.729. The fourth-order valence-electron chi connectivity index (χ4n) is 1.60. The lowest BCUT2D eigenvalue weighted by Gasteiger charge is -2.31. The van der Waals surface area contributed by atoms with E-state index in [-0.39, 0.29) is 12.0 Å². The van der Waals surface area contributed by atoms with Crippen molar-refractivity contribution < 1.29 is 9.53 Å². The molecular weight excluding hydrogens is 314 g/mol. The third kappa shape index (κ3) is 2.77. The van der Waals surface area contributed by atoms with E-state index in [1.165, 1.54) is 11.3 Å². The molecule has 16 heavy (non-hydrogen) atoms. The number of morpholine rings is 1. The molecule has 2 heterocycles. The van der Waals surface area contributed by atoms with Gasteiger partial charge < -0.3 is 9.64 Å². The fraction of sp³-hybridized carbons (Fsp3) is 0.500. The molecular formula is C10H11BrClNO2S. The minimum absolute atomic E-state index is 0.0403. The molecule has 0 aromatic carbocycles. The SMILES string of the molecule is O=C(c1csc(Br)c1)N1CCOC(CCl)C1. The molecule has 0 N–H and O–H groups in total. The Balaban J connectivity index is 2.04. The van der Waals surface area contributed by atoms with Gasteiger partial charge in [0.2, 0.25) is 0 Å². The highest BCUT2D eigenvalue weighted by Gasteiger charge is 2.24. The zero-order valence-electron chi connectivity index (χ0n) is 8.49. The number of ether oxygens (including phenoxy) is 1. The maximum Gasteiger partial charge on any atom is 0.254 e. The van der Waals surface area contributed by atoms with E-state index in [4.69, 9.17) is 16.3 Å². The van der Waals surface area contributed by atoms with Gasteiger partial charge in [-0.1, -0.05) is 0 Å². The van der Waals surface area contributed by atoms with Crippen LogP contribution in [0.3, 0.4) is 0 Å². The van der Waals surface area contributed by atoms with Gasteiger partial charge >= 0.3 is 0 Å². The Morgan fingerprint density at radius 3 is 3.19 bits per heavy atom. The quantitative estimate of drug-likeness (QED) is 0.783. The lowest BCUT2D eigenvalue weighted by Crippen LogP contribution is -2.46. The summed E-state index contributed by atoms with van der Waals surface area (Å²) in [4.78, 5) is 13.9. The third-order valence-corrected chi connectivity index (χ3v) is 4.26. The monoisotopic (exact) mass is 323 g/mol. The minimum Gasteiger partial charge on any atom is -0.373 e. The van der Waals surface area contributed by atoms with Crippen molar-refractivity contribution in [2.24, 2.45) is 0 Å². The van der Waals surface area contributed by atoms with Gasteiger partial charge in [-0.15, -0.1) is 22.9 Å². The molecule has 0 spiro atoms. The van der Waals surface area contributed by atoms with Crippen molar-refractivity contribution in [1.29, 1.82) is 0 Å². The highest BCUT2D eigenvalue weighted by molar-refractivity contribution is 9.11.